The second-order valence-corrected chi connectivity index (χ2v) is 9.29. The van der Waals surface area contributed by atoms with Gasteiger partial charge in [0.1, 0.15) is 11.5 Å². The summed E-state index contributed by atoms with van der Waals surface area (Å²) in [6, 6.07) is 19.7. The van der Waals surface area contributed by atoms with Gasteiger partial charge in [0.25, 0.3) is 0 Å². The largest absolute Gasteiger partial charge is 0.452 e. The van der Waals surface area contributed by atoms with Crippen molar-refractivity contribution in [1.82, 2.24) is 0 Å². The van der Waals surface area contributed by atoms with E-state index in [1.165, 1.54) is 0 Å². The molecule has 0 radical (unpaired) electrons. The number of rotatable bonds is 3. The molecule has 1 aliphatic heterocycles. The summed E-state index contributed by atoms with van der Waals surface area (Å²) >= 11 is 3.42. The monoisotopic (exact) mass is 476 g/mol. The van der Waals surface area contributed by atoms with Crippen molar-refractivity contribution in [2.45, 2.75) is 26.2 Å². The molecule has 0 bridgehead atoms. The number of ether oxygens (including phenoxy) is 2. The Morgan fingerprint density at radius 3 is 2.42 bits per heavy atom. The third-order valence-electron chi connectivity index (χ3n) is 4.99. The fourth-order valence-electron chi connectivity index (χ4n) is 3.25. The number of carbonyl (C=O) groups is 2. The molecule has 0 atom stereocenters. The van der Waals surface area contributed by atoms with Crippen molar-refractivity contribution in [3.63, 3.8) is 0 Å². The van der Waals surface area contributed by atoms with E-state index in [1.807, 2.05) is 36.4 Å². The lowest BCUT2D eigenvalue weighted by Crippen LogP contribution is -2.12. The molecule has 156 valence electrons. The summed E-state index contributed by atoms with van der Waals surface area (Å²) in [4.78, 5) is 25.2. The van der Waals surface area contributed by atoms with E-state index in [0.29, 0.717) is 22.6 Å². The Hall–Kier alpha value is -3.18. The van der Waals surface area contributed by atoms with Crippen LogP contribution in [0.25, 0.3) is 6.08 Å². The minimum absolute atomic E-state index is 0.00729. The molecule has 0 saturated carbocycles. The van der Waals surface area contributed by atoms with Crippen LogP contribution in [0.15, 0.2) is 77.0 Å². The van der Waals surface area contributed by atoms with Crippen molar-refractivity contribution in [3.8, 4) is 11.5 Å². The number of halogens is 1. The van der Waals surface area contributed by atoms with Gasteiger partial charge in [-0.2, -0.15) is 0 Å². The van der Waals surface area contributed by atoms with Gasteiger partial charge in [-0.25, -0.2) is 4.79 Å². The number of fused-ring (bicyclic) bond motifs is 1. The topological polar surface area (TPSA) is 52.6 Å². The molecular weight excluding hydrogens is 456 g/mol. The number of hydrogen-bond acceptors (Lipinski definition) is 4. The number of esters is 1. The molecule has 0 spiro atoms. The Bertz CT molecular complexity index is 1200. The van der Waals surface area contributed by atoms with Crippen LogP contribution < -0.4 is 9.47 Å². The molecule has 1 aliphatic rings. The van der Waals surface area contributed by atoms with Crippen LogP contribution in [0, 0.1) is 0 Å². The average Bonchev–Trinajstić information content (AvgIpc) is 3.02. The van der Waals surface area contributed by atoms with Crippen LogP contribution >= 0.6 is 15.9 Å². The van der Waals surface area contributed by atoms with E-state index in [-0.39, 0.29) is 17.0 Å². The van der Waals surface area contributed by atoms with Gasteiger partial charge in [-0.15, -0.1) is 0 Å². The molecule has 0 aromatic heterocycles. The Morgan fingerprint density at radius 2 is 1.74 bits per heavy atom. The molecule has 0 N–H and O–H groups in total. The van der Waals surface area contributed by atoms with Gasteiger partial charge in [-0.1, -0.05) is 61.0 Å². The Balaban J connectivity index is 1.51. The third-order valence-corrected chi connectivity index (χ3v) is 5.48. The number of carbonyl (C=O) groups excluding carboxylic acids is 2. The number of hydrogen-bond donors (Lipinski definition) is 0. The maximum atomic E-state index is 12.6. The number of ketones is 1. The third kappa shape index (κ3) is 4.62. The molecular formula is C26H21BrO4. The van der Waals surface area contributed by atoms with Crippen LogP contribution in [0.5, 0.6) is 11.5 Å². The van der Waals surface area contributed by atoms with Crippen LogP contribution in [0.3, 0.4) is 0 Å². The molecule has 1 heterocycles. The molecule has 4 rings (SSSR count). The summed E-state index contributed by atoms with van der Waals surface area (Å²) in [5.41, 5.74) is 2.89. The van der Waals surface area contributed by atoms with Crippen LogP contribution in [0.1, 0.15) is 52.6 Å². The van der Waals surface area contributed by atoms with Crippen molar-refractivity contribution in [1.29, 1.82) is 0 Å². The smallest absolute Gasteiger partial charge is 0.343 e. The van der Waals surface area contributed by atoms with Gasteiger partial charge in [0.05, 0.1) is 11.1 Å². The molecule has 0 aliphatic carbocycles. The zero-order valence-corrected chi connectivity index (χ0v) is 19.0. The van der Waals surface area contributed by atoms with E-state index in [9.17, 15) is 9.59 Å². The van der Waals surface area contributed by atoms with Crippen LogP contribution in [0.2, 0.25) is 0 Å². The normalized spacial score (nSPS) is 14.3. The molecule has 0 saturated heterocycles. The highest BCUT2D eigenvalue weighted by Gasteiger charge is 2.28. The highest BCUT2D eigenvalue weighted by molar-refractivity contribution is 9.10. The number of allylic oxidation sites excluding steroid dienone is 1. The zero-order valence-electron chi connectivity index (χ0n) is 17.4. The molecule has 3 aromatic carbocycles. The van der Waals surface area contributed by atoms with Crippen LogP contribution in [-0.4, -0.2) is 11.8 Å². The standard InChI is InChI=1S/C26H21BrO4/c1-26(2,3)18-9-7-17(8-10-18)25(29)30-20-11-12-21-22(15-20)31-23(24(21)28)14-16-5-4-6-19(27)13-16/h4-15H,1-3H3/b23-14-. The van der Waals surface area contributed by atoms with E-state index in [2.05, 4.69) is 36.7 Å². The summed E-state index contributed by atoms with van der Waals surface area (Å²) in [6.07, 6.45) is 1.69. The highest BCUT2D eigenvalue weighted by atomic mass is 79.9. The number of Topliss-reactive ketones (excluding diaryl/α,β-unsaturated/α-hetero) is 1. The van der Waals surface area contributed by atoms with E-state index >= 15 is 0 Å². The van der Waals surface area contributed by atoms with Crippen molar-refractivity contribution in [2.75, 3.05) is 0 Å². The van der Waals surface area contributed by atoms with E-state index in [4.69, 9.17) is 9.47 Å². The Morgan fingerprint density at radius 1 is 1.00 bits per heavy atom. The van der Waals surface area contributed by atoms with E-state index in [0.717, 1.165) is 15.6 Å². The van der Waals surface area contributed by atoms with Gasteiger partial charge in [0.15, 0.2) is 5.76 Å². The molecule has 0 unspecified atom stereocenters. The first-order valence-corrected chi connectivity index (χ1v) is 10.7. The minimum Gasteiger partial charge on any atom is -0.452 e. The zero-order chi connectivity index (χ0) is 22.2. The molecule has 5 heteroatoms. The van der Waals surface area contributed by atoms with Gasteiger partial charge in [0.2, 0.25) is 5.78 Å². The summed E-state index contributed by atoms with van der Waals surface area (Å²) in [6.45, 7) is 6.35. The fourth-order valence-corrected chi connectivity index (χ4v) is 3.67. The lowest BCUT2D eigenvalue weighted by molar-refractivity contribution is 0.0734. The van der Waals surface area contributed by atoms with Gasteiger partial charge >= 0.3 is 5.97 Å². The summed E-state index contributed by atoms with van der Waals surface area (Å²) < 4.78 is 12.2. The van der Waals surface area contributed by atoms with Crippen molar-refractivity contribution >= 4 is 33.8 Å². The van der Waals surface area contributed by atoms with Crippen LogP contribution in [-0.2, 0) is 5.41 Å². The second-order valence-electron chi connectivity index (χ2n) is 8.37. The lowest BCUT2D eigenvalue weighted by Gasteiger charge is -2.18. The van der Waals surface area contributed by atoms with Crippen molar-refractivity contribution in [2.24, 2.45) is 0 Å². The van der Waals surface area contributed by atoms with Gasteiger partial charge in [-0.05, 0) is 59.0 Å². The quantitative estimate of drug-likeness (QED) is 0.243. The minimum atomic E-state index is -0.463. The van der Waals surface area contributed by atoms with Gasteiger partial charge in [-0.3, -0.25) is 4.79 Å². The molecule has 0 amide bonds. The fraction of sp³-hybridized carbons (Fsp3) is 0.154. The van der Waals surface area contributed by atoms with Crippen molar-refractivity contribution < 1.29 is 19.1 Å². The Labute approximate surface area is 189 Å². The molecule has 0 fully saturated rings. The summed E-state index contributed by atoms with van der Waals surface area (Å²) in [5, 5.41) is 0. The molecule has 4 nitrogen and oxygen atoms in total. The summed E-state index contributed by atoms with van der Waals surface area (Å²) in [5.74, 6) is 0.259. The predicted octanol–water partition coefficient (Wildman–Crippen LogP) is 6.58. The maximum Gasteiger partial charge on any atom is 0.343 e. The van der Waals surface area contributed by atoms with Gasteiger partial charge < -0.3 is 9.47 Å². The first-order chi connectivity index (χ1) is 14.7. The average molecular weight is 477 g/mol. The maximum absolute atomic E-state index is 12.6. The van der Waals surface area contributed by atoms with Gasteiger partial charge in [0, 0.05) is 10.5 Å². The summed E-state index contributed by atoms with van der Waals surface area (Å²) in [7, 11) is 0. The first kappa shape index (κ1) is 21.1. The SMILES string of the molecule is CC(C)(C)c1ccc(C(=O)Oc2ccc3c(c2)O/C(=C\c2cccc(Br)c2)C3=O)cc1. The number of benzene rings is 3. The highest BCUT2D eigenvalue weighted by Crippen LogP contribution is 2.35. The molecule has 3 aromatic rings. The second kappa shape index (κ2) is 8.16. The first-order valence-electron chi connectivity index (χ1n) is 9.87. The van der Waals surface area contributed by atoms with E-state index in [1.54, 1.807) is 36.4 Å². The Kier molecular flexibility index (Phi) is 5.54. The molecule has 31 heavy (non-hydrogen) atoms. The predicted molar refractivity (Wildman–Crippen MR) is 124 cm³/mol. The van der Waals surface area contributed by atoms with Crippen molar-refractivity contribution in [3.05, 3.63) is 99.2 Å². The van der Waals surface area contributed by atoms with Crippen LogP contribution in [0.4, 0.5) is 0 Å². The lowest BCUT2D eigenvalue weighted by atomic mass is 9.87. The van der Waals surface area contributed by atoms with E-state index < -0.39 is 5.97 Å².